The lowest BCUT2D eigenvalue weighted by atomic mass is 10.0. The first-order valence-corrected chi connectivity index (χ1v) is 9.59. The van der Waals surface area contributed by atoms with Crippen LogP contribution in [-0.2, 0) is 6.61 Å². The molecule has 30 heavy (non-hydrogen) atoms. The highest BCUT2D eigenvalue weighted by Gasteiger charge is 2.30. The van der Waals surface area contributed by atoms with Gasteiger partial charge in [0.25, 0.3) is 5.91 Å². The van der Waals surface area contributed by atoms with Gasteiger partial charge in [0.1, 0.15) is 12.4 Å². The van der Waals surface area contributed by atoms with Gasteiger partial charge in [-0.15, -0.1) is 0 Å². The molecule has 0 saturated carbocycles. The fourth-order valence-corrected chi connectivity index (χ4v) is 3.46. The van der Waals surface area contributed by atoms with Crippen LogP contribution in [0, 0.1) is 11.6 Å². The molecule has 3 aromatic rings. The van der Waals surface area contributed by atoms with Crippen LogP contribution in [0.25, 0.3) is 0 Å². The number of hydrogen-bond acceptors (Lipinski definition) is 5. The monoisotopic (exact) mass is 413 g/mol. The van der Waals surface area contributed by atoms with Crippen molar-refractivity contribution in [1.82, 2.24) is 15.0 Å². The minimum Gasteiger partial charge on any atom is -0.485 e. The van der Waals surface area contributed by atoms with Crippen molar-refractivity contribution in [1.29, 1.82) is 0 Å². The van der Waals surface area contributed by atoms with E-state index < -0.39 is 11.6 Å². The molecular weight excluding hydrogens is 392 g/mol. The summed E-state index contributed by atoms with van der Waals surface area (Å²) < 4.78 is 36.8. The van der Waals surface area contributed by atoms with Crippen LogP contribution in [0.5, 0.6) is 5.75 Å². The van der Waals surface area contributed by atoms with Gasteiger partial charge in [-0.25, -0.2) is 8.78 Å². The van der Waals surface area contributed by atoms with Gasteiger partial charge >= 0.3 is 0 Å². The van der Waals surface area contributed by atoms with E-state index in [9.17, 15) is 13.6 Å². The summed E-state index contributed by atoms with van der Waals surface area (Å²) in [5.74, 6) is -1.69. The van der Waals surface area contributed by atoms with E-state index in [4.69, 9.17) is 9.26 Å². The Balaban J connectivity index is 1.40. The second-order valence-electron chi connectivity index (χ2n) is 7.20. The van der Waals surface area contributed by atoms with Gasteiger partial charge in [-0.3, -0.25) is 9.69 Å². The maximum absolute atomic E-state index is 13.3. The smallest absolute Gasteiger partial charge is 0.276 e. The third kappa shape index (κ3) is 4.33. The molecule has 1 atom stereocenters. The number of carbonyl (C=O) groups excluding carboxylic acids is 1. The summed E-state index contributed by atoms with van der Waals surface area (Å²) >= 11 is 0. The van der Waals surface area contributed by atoms with Crippen LogP contribution in [0.15, 0.2) is 59.1 Å². The summed E-state index contributed by atoms with van der Waals surface area (Å²) in [6.07, 6.45) is 0. The summed E-state index contributed by atoms with van der Waals surface area (Å²) in [6.45, 7) is 1.83. The van der Waals surface area contributed by atoms with Crippen molar-refractivity contribution >= 4 is 5.91 Å². The van der Waals surface area contributed by atoms with Crippen molar-refractivity contribution in [3.8, 4) is 5.75 Å². The highest BCUT2D eigenvalue weighted by Crippen LogP contribution is 2.25. The van der Waals surface area contributed by atoms with E-state index in [1.54, 1.807) is 4.90 Å². The molecule has 0 bridgehead atoms. The Hall–Kier alpha value is -3.26. The molecule has 1 aliphatic rings. The standard InChI is InChI=1S/C22H21F2N3O3/c1-26-9-10-27(13-21(26)15-5-3-2-4-6-15)22(28)20-12-17(30-25-20)14-29-16-7-8-18(23)19(24)11-16/h2-8,11-12,21H,9-10,13-14H2,1H3/t21-/m1/s1. The van der Waals surface area contributed by atoms with Gasteiger partial charge in [0.05, 0.1) is 6.04 Å². The molecule has 0 N–H and O–H groups in total. The number of halogens is 2. The Labute approximate surface area is 172 Å². The Morgan fingerprint density at radius 2 is 1.93 bits per heavy atom. The first-order valence-electron chi connectivity index (χ1n) is 9.59. The van der Waals surface area contributed by atoms with Gasteiger partial charge in [-0.05, 0) is 24.7 Å². The average molecular weight is 413 g/mol. The molecule has 2 heterocycles. The molecule has 8 heteroatoms. The highest BCUT2D eigenvalue weighted by atomic mass is 19.2. The van der Waals surface area contributed by atoms with Gasteiger partial charge in [0, 0.05) is 31.8 Å². The lowest BCUT2D eigenvalue weighted by molar-refractivity contribution is 0.0536. The van der Waals surface area contributed by atoms with E-state index in [0.717, 1.165) is 24.2 Å². The minimum atomic E-state index is -0.996. The maximum atomic E-state index is 13.3. The molecule has 4 rings (SSSR count). The predicted molar refractivity (Wildman–Crippen MR) is 105 cm³/mol. The van der Waals surface area contributed by atoms with Gasteiger partial charge in [-0.1, -0.05) is 35.5 Å². The molecule has 0 spiro atoms. The van der Waals surface area contributed by atoms with Crippen LogP contribution in [0.4, 0.5) is 8.78 Å². The first kappa shape index (κ1) is 20.0. The molecule has 0 unspecified atom stereocenters. The molecule has 1 aliphatic heterocycles. The maximum Gasteiger partial charge on any atom is 0.276 e. The Morgan fingerprint density at radius 1 is 1.13 bits per heavy atom. The van der Waals surface area contributed by atoms with Crippen LogP contribution in [0.1, 0.15) is 27.9 Å². The van der Waals surface area contributed by atoms with Crippen LogP contribution >= 0.6 is 0 Å². The largest absolute Gasteiger partial charge is 0.485 e. The van der Waals surface area contributed by atoms with E-state index >= 15 is 0 Å². The second kappa shape index (κ2) is 8.62. The number of aromatic nitrogens is 1. The van der Waals surface area contributed by atoms with E-state index in [0.29, 0.717) is 18.8 Å². The fourth-order valence-electron chi connectivity index (χ4n) is 3.46. The van der Waals surface area contributed by atoms with Gasteiger partial charge in [0.2, 0.25) is 0 Å². The zero-order chi connectivity index (χ0) is 21.1. The van der Waals surface area contributed by atoms with Crippen molar-refractivity contribution in [2.24, 2.45) is 0 Å². The zero-order valence-corrected chi connectivity index (χ0v) is 16.4. The lowest BCUT2D eigenvalue weighted by Gasteiger charge is -2.39. The molecule has 1 saturated heterocycles. The fraction of sp³-hybridized carbons (Fsp3) is 0.273. The summed E-state index contributed by atoms with van der Waals surface area (Å²) in [7, 11) is 2.04. The molecule has 0 radical (unpaired) electrons. The van der Waals surface area contributed by atoms with Crippen molar-refractivity contribution in [3.05, 3.63) is 83.2 Å². The van der Waals surface area contributed by atoms with Gasteiger partial charge in [0.15, 0.2) is 23.1 Å². The number of benzene rings is 2. The normalized spacial score (nSPS) is 17.2. The number of piperazine rings is 1. The van der Waals surface area contributed by atoms with Crippen LogP contribution in [0.2, 0.25) is 0 Å². The quantitative estimate of drug-likeness (QED) is 0.639. The summed E-state index contributed by atoms with van der Waals surface area (Å²) in [5.41, 5.74) is 1.34. The number of hydrogen-bond donors (Lipinski definition) is 0. The predicted octanol–water partition coefficient (Wildman–Crippen LogP) is 3.66. The molecule has 1 amide bonds. The summed E-state index contributed by atoms with van der Waals surface area (Å²) in [4.78, 5) is 16.9. The topological polar surface area (TPSA) is 58.8 Å². The minimum absolute atomic E-state index is 0.0548. The van der Waals surface area contributed by atoms with E-state index in [-0.39, 0.29) is 30.0 Å². The number of likely N-dealkylation sites (N-methyl/N-ethyl adjacent to an activating group) is 1. The number of amides is 1. The zero-order valence-electron chi connectivity index (χ0n) is 16.4. The molecule has 156 valence electrons. The van der Waals surface area contributed by atoms with E-state index in [1.165, 1.54) is 12.1 Å². The average Bonchev–Trinajstić information content (AvgIpc) is 3.24. The number of carbonyl (C=O) groups is 1. The van der Waals surface area contributed by atoms with E-state index in [1.807, 2.05) is 25.2 Å². The van der Waals surface area contributed by atoms with Crippen LogP contribution < -0.4 is 4.74 Å². The third-order valence-corrected chi connectivity index (χ3v) is 5.17. The Morgan fingerprint density at radius 3 is 2.70 bits per heavy atom. The Kier molecular flexibility index (Phi) is 5.76. The number of nitrogens with zero attached hydrogens (tertiary/aromatic N) is 3. The van der Waals surface area contributed by atoms with Crippen molar-refractivity contribution in [2.45, 2.75) is 12.6 Å². The Bertz CT molecular complexity index is 1030. The first-order chi connectivity index (χ1) is 14.5. The number of ether oxygens (including phenoxy) is 1. The third-order valence-electron chi connectivity index (χ3n) is 5.17. The summed E-state index contributed by atoms with van der Waals surface area (Å²) in [5, 5.41) is 3.86. The molecular formula is C22H21F2N3O3. The van der Waals surface area contributed by atoms with Crippen molar-refractivity contribution in [2.75, 3.05) is 26.7 Å². The molecule has 2 aromatic carbocycles. The molecule has 6 nitrogen and oxygen atoms in total. The van der Waals surface area contributed by atoms with Crippen molar-refractivity contribution < 1.29 is 22.8 Å². The van der Waals surface area contributed by atoms with Gasteiger partial charge < -0.3 is 14.2 Å². The number of rotatable bonds is 5. The molecule has 1 fully saturated rings. The molecule has 1 aromatic heterocycles. The van der Waals surface area contributed by atoms with Gasteiger partial charge in [-0.2, -0.15) is 0 Å². The lowest BCUT2D eigenvalue weighted by Crippen LogP contribution is -2.49. The van der Waals surface area contributed by atoms with Crippen molar-refractivity contribution in [3.63, 3.8) is 0 Å². The highest BCUT2D eigenvalue weighted by molar-refractivity contribution is 5.92. The van der Waals surface area contributed by atoms with E-state index in [2.05, 4.69) is 22.2 Å². The second-order valence-corrected chi connectivity index (χ2v) is 7.20. The van der Waals surface area contributed by atoms with Crippen LogP contribution in [-0.4, -0.2) is 47.5 Å². The van der Waals surface area contributed by atoms with Crippen LogP contribution in [0.3, 0.4) is 0 Å². The molecule has 0 aliphatic carbocycles. The summed E-state index contributed by atoms with van der Waals surface area (Å²) in [6, 6.07) is 14.9. The SMILES string of the molecule is CN1CCN(C(=O)c2cc(COc3ccc(F)c(F)c3)on2)C[C@@H]1c1ccccc1.